The van der Waals surface area contributed by atoms with E-state index in [1.165, 1.54) is 6.92 Å². The standard InChI is InChI=1S/C10H12Cl2O3S/c1-7(16(13,14)15)2-3-8-4-5-9(11)10(12)6-8/h4-7H,2-3H2,1H3,(H,13,14,15). The largest absolute Gasteiger partial charge is 0.285 e. The van der Waals surface area contributed by atoms with E-state index >= 15 is 0 Å². The Kier molecular flexibility index (Phi) is 4.62. The lowest BCUT2D eigenvalue weighted by Crippen LogP contribution is -2.17. The molecule has 0 fully saturated rings. The first-order valence-corrected chi connectivity index (χ1v) is 6.97. The predicted octanol–water partition coefficient (Wildman–Crippen LogP) is 3.20. The zero-order valence-electron chi connectivity index (χ0n) is 8.65. The Labute approximate surface area is 105 Å². The van der Waals surface area contributed by atoms with E-state index in [1.807, 2.05) is 0 Å². The Morgan fingerprint density at radius 1 is 1.31 bits per heavy atom. The van der Waals surface area contributed by atoms with Crippen molar-refractivity contribution in [3.8, 4) is 0 Å². The van der Waals surface area contributed by atoms with Crippen molar-refractivity contribution in [2.24, 2.45) is 0 Å². The molecule has 1 aromatic rings. The number of aryl methyl sites for hydroxylation is 1. The molecule has 0 aliphatic rings. The van der Waals surface area contributed by atoms with Crippen molar-refractivity contribution >= 4 is 33.3 Å². The highest BCUT2D eigenvalue weighted by Gasteiger charge is 2.16. The Bertz CT molecular complexity index is 471. The highest BCUT2D eigenvalue weighted by atomic mass is 35.5. The lowest BCUT2D eigenvalue weighted by molar-refractivity contribution is 0.466. The molecule has 0 spiro atoms. The Hall–Kier alpha value is -0.290. The summed E-state index contributed by atoms with van der Waals surface area (Å²) in [5.74, 6) is 0. The molecule has 1 rings (SSSR count). The second-order valence-corrected chi connectivity index (χ2v) is 6.26. The first-order chi connectivity index (χ1) is 7.30. The molecule has 16 heavy (non-hydrogen) atoms. The molecule has 6 heteroatoms. The third-order valence-electron chi connectivity index (χ3n) is 2.33. The first kappa shape index (κ1) is 13.8. The molecule has 0 aliphatic carbocycles. The maximum Gasteiger partial charge on any atom is 0.267 e. The van der Waals surface area contributed by atoms with E-state index in [-0.39, 0.29) is 0 Å². The summed E-state index contributed by atoms with van der Waals surface area (Å²) in [7, 11) is -3.95. The Morgan fingerprint density at radius 2 is 1.94 bits per heavy atom. The van der Waals surface area contributed by atoms with Crippen LogP contribution in [0.2, 0.25) is 10.0 Å². The SMILES string of the molecule is CC(CCc1ccc(Cl)c(Cl)c1)S(=O)(=O)O. The summed E-state index contributed by atoms with van der Waals surface area (Å²) in [4.78, 5) is 0. The van der Waals surface area contributed by atoms with Gasteiger partial charge in [-0.05, 0) is 37.5 Å². The van der Waals surface area contributed by atoms with Gasteiger partial charge < -0.3 is 0 Å². The maximum atomic E-state index is 10.8. The van der Waals surface area contributed by atoms with Gasteiger partial charge in [0.2, 0.25) is 0 Å². The summed E-state index contributed by atoms with van der Waals surface area (Å²) < 4.78 is 30.4. The number of benzene rings is 1. The summed E-state index contributed by atoms with van der Waals surface area (Å²) in [6.07, 6.45) is 0.870. The number of rotatable bonds is 4. The van der Waals surface area contributed by atoms with Crippen molar-refractivity contribution < 1.29 is 13.0 Å². The second kappa shape index (κ2) is 5.36. The number of hydrogen-bond donors (Lipinski definition) is 1. The molecule has 3 nitrogen and oxygen atoms in total. The fourth-order valence-electron chi connectivity index (χ4n) is 1.21. The maximum absolute atomic E-state index is 10.8. The van der Waals surface area contributed by atoms with Crippen molar-refractivity contribution in [3.05, 3.63) is 33.8 Å². The highest BCUT2D eigenvalue weighted by Crippen LogP contribution is 2.23. The van der Waals surface area contributed by atoms with Crippen LogP contribution < -0.4 is 0 Å². The van der Waals surface area contributed by atoms with Gasteiger partial charge in [-0.1, -0.05) is 29.3 Å². The average Bonchev–Trinajstić information content (AvgIpc) is 2.18. The molecule has 0 aromatic heterocycles. The molecule has 0 amide bonds. The van der Waals surface area contributed by atoms with Crippen molar-refractivity contribution in [1.29, 1.82) is 0 Å². The van der Waals surface area contributed by atoms with E-state index in [4.69, 9.17) is 27.8 Å². The van der Waals surface area contributed by atoms with Crippen molar-refractivity contribution in [3.63, 3.8) is 0 Å². The summed E-state index contributed by atoms with van der Waals surface area (Å²) in [6, 6.07) is 5.14. The molecule has 1 aromatic carbocycles. The molecule has 0 radical (unpaired) electrons. The van der Waals surface area contributed by atoms with Gasteiger partial charge in [-0.3, -0.25) is 4.55 Å². The summed E-state index contributed by atoms with van der Waals surface area (Å²) in [5, 5.41) is 0.133. The molecular weight excluding hydrogens is 271 g/mol. The van der Waals surface area contributed by atoms with Gasteiger partial charge in [-0.2, -0.15) is 8.42 Å². The molecule has 90 valence electrons. The highest BCUT2D eigenvalue weighted by molar-refractivity contribution is 7.86. The van der Waals surface area contributed by atoms with Gasteiger partial charge in [0.15, 0.2) is 0 Å². The molecule has 0 saturated heterocycles. The van der Waals surface area contributed by atoms with Crippen LogP contribution in [-0.4, -0.2) is 18.2 Å². The van der Waals surface area contributed by atoms with E-state index in [0.29, 0.717) is 22.9 Å². The summed E-state index contributed by atoms with van der Waals surface area (Å²) in [6.45, 7) is 1.47. The predicted molar refractivity (Wildman–Crippen MR) is 65.8 cm³/mol. The minimum absolute atomic E-state index is 0.344. The van der Waals surface area contributed by atoms with Crippen LogP contribution >= 0.6 is 23.2 Å². The minimum Gasteiger partial charge on any atom is -0.285 e. The molecule has 0 bridgehead atoms. The van der Waals surface area contributed by atoms with E-state index in [1.54, 1.807) is 18.2 Å². The quantitative estimate of drug-likeness (QED) is 0.863. The zero-order valence-corrected chi connectivity index (χ0v) is 11.0. The Morgan fingerprint density at radius 3 is 2.44 bits per heavy atom. The van der Waals surface area contributed by atoms with Crippen LogP contribution in [0.1, 0.15) is 18.9 Å². The molecule has 1 atom stereocenters. The fourth-order valence-corrected chi connectivity index (χ4v) is 1.95. The molecule has 1 unspecified atom stereocenters. The van der Waals surface area contributed by atoms with Crippen LogP contribution in [-0.2, 0) is 16.5 Å². The van der Waals surface area contributed by atoms with Gasteiger partial charge in [0.25, 0.3) is 10.1 Å². The van der Waals surface area contributed by atoms with Gasteiger partial charge in [0.05, 0.1) is 15.3 Å². The third kappa shape index (κ3) is 3.94. The van der Waals surface area contributed by atoms with Crippen LogP contribution in [0.5, 0.6) is 0 Å². The topological polar surface area (TPSA) is 54.4 Å². The van der Waals surface area contributed by atoms with Gasteiger partial charge in [0, 0.05) is 0 Å². The van der Waals surface area contributed by atoms with E-state index in [2.05, 4.69) is 0 Å². The van der Waals surface area contributed by atoms with E-state index in [9.17, 15) is 8.42 Å². The Balaban J connectivity index is 2.65. The van der Waals surface area contributed by atoms with Gasteiger partial charge in [-0.15, -0.1) is 0 Å². The van der Waals surface area contributed by atoms with Crippen LogP contribution in [0.3, 0.4) is 0 Å². The fraction of sp³-hybridized carbons (Fsp3) is 0.400. The molecule has 0 saturated carbocycles. The van der Waals surface area contributed by atoms with Crippen molar-refractivity contribution in [2.75, 3.05) is 0 Å². The smallest absolute Gasteiger partial charge is 0.267 e. The third-order valence-corrected chi connectivity index (χ3v) is 4.32. The van der Waals surface area contributed by atoms with E-state index < -0.39 is 15.4 Å². The molecule has 1 N–H and O–H groups in total. The van der Waals surface area contributed by atoms with E-state index in [0.717, 1.165) is 5.56 Å². The van der Waals surface area contributed by atoms with Gasteiger partial charge >= 0.3 is 0 Å². The van der Waals surface area contributed by atoms with Crippen LogP contribution in [0.4, 0.5) is 0 Å². The van der Waals surface area contributed by atoms with Crippen LogP contribution in [0.15, 0.2) is 18.2 Å². The second-order valence-electron chi connectivity index (χ2n) is 3.61. The molecule has 0 heterocycles. The van der Waals surface area contributed by atoms with Crippen molar-refractivity contribution in [1.82, 2.24) is 0 Å². The molecular formula is C10H12Cl2O3S. The lowest BCUT2D eigenvalue weighted by atomic mass is 10.1. The number of hydrogen-bond acceptors (Lipinski definition) is 2. The minimum atomic E-state index is -3.95. The monoisotopic (exact) mass is 282 g/mol. The number of halogens is 2. The normalized spacial score (nSPS) is 13.8. The van der Waals surface area contributed by atoms with Crippen LogP contribution in [0, 0.1) is 0 Å². The van der Waals surface area contributed by atoms with Crippen LogP contribution in [0.25, 0.3) is 0 Å². The van der Waals surface area contributed by atoms with Crippen molar-refractivity contribution in [2.45, 2.75) is 25.0 Å². The lowest BCUT2D eigenvalue weighted by Gasteiger charge is -2.08. The average molecular weight is 283 g/mol. The van der Waals surface area contributed by atoms with Gasteiger partial charge in [0.1, 0.15) is 0 Å². The summed E-state index contributed by atoms with van der Waals surface area (Å²) in [5.41, 5.74) is 0.893. The molecule has 0 aliphatic heterocycles. The zero-order chi connectivity index (χ0) is 12.3. The first-order valence-electron chi connectivity index (χ1n) is 4.71. The van der Waals surface area contributed by atoms with Gasteiger partial charge in [-0.25, -0.2) is 0 Å². The summed E-state index contributed by atoms with van der Waals surface area (Å²) >= 11 is 11.6.